The molecule has 0 bridgehead atoms. The van der Waals surface area contributed by atoms with E-state index in [1.807, 2.05) is 18.2 Å². The summed E-state index contributed by atoms with van der Waals surface area (Å²) in [4.78, 5) is 0. The number of benzene rings is 1. The van der Waals surface area contributed by atoms with Crippen molar-refractivity contribution in [1.82, 2.24) is 5.32 Å². The summed E-state index contributed by atoms with van der Waals surface area (Å²) in [6.07, 6.45) is 0.556. The van der Waals surface area contributed by atoms with Gasteiger partial charge in [-0.1, -0.05) is 37.3 Å². The number of hydrogen-bond acceptors (Lipinski definition) is 3. The Morgan fingerprint density at radius 3 is 2.53 bits per heavy atom. The van der Waals surface area contributed by atoms with E-state index in [0.29, 0.717) is 18.9 Å². The molecule has 1 unspecified atom stereocenters. The number of sulfonamides is 1. The van der Waals surface area contributed by atoms with Crippen LogP contribution in [0.1, 0.15) is 24.8 Å². The second kappa shape index (κ2) is 6.74. The molecule has 0 aromatic heterocycles. The van der Waals surface area contributed by atoms with Crippen molar-refractivity contribution in [1.29, 1.82) is 0 Å². The number of rotatable bonds is 7. The molecular formula is C12H20N2O2S. The third kappa shape index (κ3) is 6.41. The Morgan fingerprint density at radius 1 is 1.29 bits per heavy atom. The molecule has 1 atom stereocenters. The molecule has 0 saturated heterocycles. The van der Waals surface area contributed by atoms with Crippen LogP contribution in [0.25, 0.3) is 0 Å². The van der Waals surface area contributed by atoms with Crippen LogP contribution < -0.4 is 10.5 Å². The summed E-state index contributed by atoms with van der Waals surface area (Å²) in [5.74, 6) is 0.463. The highest BCUT2D eigenvalue weighted by atomic mass is 32.2. The van der Waals surface area contributed by atoms with Crippen LogP contribution in [0, 0.1) is 0 Å². The fourth-order valence-electron chi connectivity index (χ4n) is 1.62. The van der Waals surface area contributed by atoms with Crippen molar-refractivity contribution in [3.8, 4) is 0 Å². The van der Waals surface area contributed by atoms with Crippen LogP contribution in [-0.2, 0) is 10.0 Å². The van der Waals surface area contributed by atoms with Crippen LogP contribution in [0.5, 0.6) is 0 Å². The normalized spacial score (nSPS) is 13.5. The van der Waals surface area contributed by atoms with Crippen molar-refractivity contribution < 1.29 is 8.42 Å². The van der Waals surface area contributed by atoms with Gasteiger partial charge in [0.1, 0.15) is 0 Å². The van der Waals surface area contributed by atoms with E-state index in [9.17, 15) is 8.42 Å². The Labute approximate surface area is 103 Å². The molecule has 3 N–H and O–H groups in total. The summed E-state index contributed by atoms with van der Waals surface area (Å²) in [7, 11) is -3.32. The molecule has 1 aromatic rings. The monoisotopic (exact) mass is 256 g/mol. The van der Waals surface area contributed by atoms with Gasteiger partial charge in [0, 0.05) is 6.54 Å². The molecule has 4 nitrogen and oxygen atoms in total. The lowest BCUT2D eigenvalue weighted by Gasteiger charge is -2.12. The minimum atomic E-state index is -3.32. The smallest absolute Gasteiger partial charge is 0.209 e. The lowest BCUT2D eigenvalue weighted by Crippen LogP contribution is -2.25. The molecule has 0 aliphatic rings. The Bertz CT molecular complexity index is 417. The molecule has 0 fully saturated rings. The number of nitrogens with one attached hydrogen (secondary N) is 1. The topological polar surface area (TPSA) is 72.2 Å². The molecule has 0 amide bonds. The van der Waals surface area contributed by atoms with E-state index < -0.39 is 10.0 Å². The second-order valence-electron chi connectivity index (χ2n) is 4.24. The minimum absolute atomic E-state index is 0.0414. The molecule has 17 heavy (non-hydrogen) atoms. The molecule has 0 radical (unpaired) electrons. The van der Waals surface area contributed by atoms with Gasteiger partial charge >= 0.3 is 0 Å². The second-order valence-corrected chi connectivity index (χ2v) is 5.97. The molecule has 0 saturated carbocycles. The standard InChI is InChI=1S/C12H20N2O2S/c1-11(12-6-3-2-4-7-12)10-14-8-5-9-17(13,15)16/h2-4,6-7,11,14H,5,8-10H2,1H3,(H2,13,15,16). The van der Waals surface area contributed by atoms with E-state index in [1.165, 1.54) is 5.56 Å². The molecule has 0 aliphatic carbocycles. The number of hydrogen-bond donors (Lipinski definition) is 2. The van der Waals surface area contributed by atoms with Gasteiger partial charge in [-0.3, -0.25) is 0 Å². The average Bonchev–Trinajstić information content (AvgIpc) is 2.28. The lowest BCUT2D eigenvalue weighted by atomic mass is 10.0. The Morgan fingerprint density at radius 2 is 1.94 bits per heavy atom. The van der Waals surface area contributed by atoms with Crippen LogP contribution in [0.2, 0.25) is 0 Å². The fraction of sp³-hybridized carbons (Fsp3) is 0.500. The third-order valence-corrected chi connectivity index (χ3v) is 3.46. The van der Waals surface area contributed by atoms with Crippen LogP contribution in [0.3, 0.4) is 0 Å². The van der Waals surface area contributed by atoms with E-state index >= 15 is 0 Å². The van der Waals surface area contributed by atoms with Crippen molar-refractivity contribution in [3.63, 3.8) is 0 Å². The summed E-state index contributed by atoms with van der Waals surface area (Å²) in [6, 6.07) is 10.2. The van der Waals surface area contributed by atoms with Gasteiger partial charge in [-0.05, 0) is 24.4 Å². The SMILES string of the molecule is CC(CNCCCS(N)(=O)=O)c1ccccc1. The first kappa shape index (κ1) is 14.2. The zero-order valence-corrected chi connectivity index (χ0v) is 10.9. The average molecular weight is 256 g/mol. The van der Waals surface area contributed by atoms with E-state index in [1.54, 1.807) is 0 Å². The van der Waals surface area contributed by atoms with Gasteiger partial charge in [0.2, 0.25) is 10.0 Å². The predicted octanol–water partition coefficient (Wildman–Crippen LogP) is 1.06. The molecule has 1 rings (SSSR count). The summed E-state index contributed by atoms with van der Waals surface area (Å²) in [5.41, 5.74) is 1.28. The maximum atomic E-state index is 10.7. The van der Waals surface area contributed by atoms with E-state index in [0.717, 1.165) is 6.54 Å². The number of nitrogens with two attached hydrogens (primary N) is 1. The molecule has 96 valence electrons. The molecule has 0 heterocycles. The van der Waals surface area contributed by atoms with Gasteiger partial charge in [0.05, 0.1) is 5.75 Å². The van der Waals surface area contributed by atoms with Gasteiger partial charge in [0.15, 0.2) is 0 Å². The van der Waals surface area contributed by atoms with Gasteiger partial charge in [-0.15, -0.1) is 0 Å². The highest BCUT2D eigenvalue weighted by Gasteiger charge is 2.05. The summed E-state index contributed by atoms with van der Waals surface area (Å²) in [6.45, 7) is 3.66. The van der Waals surface area contributed by atoms with Crippen LogP contribution in [0.15, 0.2) is 30.3 Å². The van der Waals surface area contributed by atoms with Gasteiger partial charge in [-0.2, -0.15) is 0 Å². The fourth-order valence-corrected chi connectivity index (χ4v) is 2.16. The highest BCUT2D eigenvalue weighted by molar-refractivity contribution is 7.89. The first-order valence-corrected chi connectivity index (χ1v) is 7.47. The summed E-state index contributed by atoms with van der Waals surface area (Å²) < 4.78 is 21.4. The summed E-state index contributed by atoms with van der Waals surface area (Å²) in [5, 5.41) is 8.15. The first-order chi connectivity index (χ1) is 7.99. The molecule has 1 aromatic carbocycles. The van der Waals surface area contributed by atoms with Crippen LogP contribution >= 0.6 is 0 Å². The van der Waals surface area contributed by atoms with Crippen LogP contribution in [-0.4, -0.2) is 27.3 Å². The van der Waals surface area contributed by atoms with Crippen LogP contribution in [0.4, 0.5) is 0 Å². The van der Waals surface area contributed by atoms with Crippen molar-refractivity contribution >= 4 is 10.0 Å². The summed E-state index contributed by atoms with van der Waals surface area (Å²) >= 11 is 0. The van der Waals surface area contributed by atoms with Gasteiger partial charge in [-0.25, -0.2) is 13.6 Å². The van der Waals surface area contributed by atoms with E-state index in [2.05, 4.69) is 24.4 Å². The third-order valence-electron chi connectivity index (χ3n) is 2.60. The molecule has 0 spiro atoms. The lowest BCUT2D eigenvalue weighted by molar-refractivity contribution is 0.583. The minimum Gasteiger partial charge on any atom is -0.316 e. The highest BCUT2D eigenvalue weighted by Crippen LogP contribution is 2.12. The van der Waals surface area contributed by atoms with Crippen molar-refractivity contribution in [2.75, 3.05) is 18.8 Å². The maximum absolute atomic E-state index is 10.7. The largest absolute Gasteiger partial charge is 0.316 e. The Balaban J connectivity index is 2.19. The Kier molecular flexibility index (Phi) is 5.61. The van der Waals surface area contributed by atoms with E-state index in [-0.39, 0.29) is 5.75 Å². The molecular weight excluding hydrogens is 236 g/mol. The Hall–Kier alpha value is -0.910. The van der Waals surface area contributed by atoms with E-state index in [4.69, 9.17) is 5.14 Å². The molecule has 0 aliphatic heterocycles. The van der Waals surface area contributed by atoms with Gasteiger partial charge in [0.25, 0.3) is 0 Å². The quantitative estimate of drug-likeness (QED) is 0.716. The van der Waals surface area contributed by atoms with Gasteiger partial charge < -0.3 is 5.32 Å². The molecule has 5 heteroatoms. The first-order valence-electron chi connectivity index (χ1n) is 5.75. The van der Waals surface area contributed by atoms with Crippen molar-refractivity contribution in [2.24, 2.45) is 5.14 Å². The maximum Gasteiger partial charge on any atom is 0.209 e. The predicted molar refractivity (Wildman–Crippen MR) is 70.3 cm³/mol. The zero-order chi connectivity index (χ0) is 12.7. The zero-order valence-electron chi connectivity index (χ0n) is 10.1. The van der Waals surface area contributed by atoms with Crippen molar-refractivity contribution in [2.45, 2.75) is 19.3 Å². The van der Waals surface area contributed by atoms with Crippen molar-refractivity contribution in [3.05, 3.63) is 35.9 Å². The number of primary sulfonamides is 1.